The van der Waals surface area contributed by atoms with Crippen LogP contribution in [-0.4, -0.2) is 0 Å². The van der Waals surface area contributed by atoms with Crippen LogP contribution in [0.25, 0.3) is 5.70 Å². The lowest BCUT2D eigenvalue weighted by molar-refractivity contribution is 0.630. The summed E-state index contributed by atoms with van der Waals surface area (Å²) in [6, 6.07) is 47.5. The first-order valence-electron chi connectivity index (χ1n) is 11.8. The van der Waals surface area contributed by atoms with Crippen LogP contribution in [-0.2, 0) is 0 Å². The first kappa shape index (κ1) is 23.5. The van der Waals surface area contributed by atoms with E-state index in [-0.39, 0.29) is 5.82 Å². The number of nitrogens with zero attached hydrogens (tertiary/aromatic N) is 1. The Kier molecular flexibility index (Phi) is 7.21. The highest BCUT2D eigenvalue weighted by molar-refractivity contribution is 7.83. The van der Waals surface area contributed by atoms with Gasteiger partial charge in [-0.3, -0.25) is 4.74 Å². The molecule has 0 aliphatic heterocycles. The Bertz CT molecular complexity index is 1460. The van der Waals surface area contributed by atoms with Crippen molar-refractivity contribution in [2.24, 2.45) is 4.74 Å². The molecule has 36 heavy (non-hydrogen) atoms. The van der Waals surface area contributed by atoms with Gasteiger partial charge in [0.1, 0.15) is 5.82 Å². The molecular formula is C32H26FN2P. The maximum absolute atomic E-state index is 15.0. The molecule has 4 heteroatoms. The summed E-state index contributed by atoms with van der Waals surface area (Å²) in [5, 5.41) is 5.71. The highest BCUT2D eigenvalue weighted by Crippen LogP contribution is 2.53. The monoisotopic (exact) mass is 488 g/mol. The van der Waals surface area contributed by atoms with Crippen LogP contribution in [0.3, 0.4) is 0 Å². The number of rotatable bonds is 7. The van der Waals surface area contributed by atoms with E-state index in [0.29, 0.717) is 5.69 Å². The highest BCUT2D eigenvalue weighted by Gasteiger charge is 2.25. The minimum Gasteiger partial charge on any atom is -0.355 e. The minimum atomic E-state index is -2.65. The first-order valence-corrected chi connectivity index (χ1v) is 13.6. The molecule has 0 radical (unpaired) electrons. The summed E-state index contributed by atoms with van der Waals surface area (Å²) in [5.41, 5.74) is 3.27. The number of anilines is 1. The van der Waals surface area contributed by atoms with Gasteiger partial charge in [0, 0.05) is 22.0 Å². The average molecular weight is 489 g/mol. The molecule has 0 saturated carbocycles. The highest BCUT2D eigenvalue weighted by atomic mass is 31.2. The molecule has 0 atom stereocenters. The third-order valence-corrected chi connectivity index (χ3v) is 9.20. The van der Waals surface area contributed by atoms with Crippen LogP contribution in [0.15, 0.2) is 156 Å². The van der Waals surface area contributed by atoms with E-state index in [1.165, 1.54) is 6.07 Å². The summed E-state index contributed by atoms with van der Waals surface area (Å²) in [7, 11) is -2.65. The van der Waals surface area contributed by atoms with Crippen molar-refractivity contribution >= 4 is 34.7 Å². The first-order chi connectivity index (χ1) is 17.7. The Labute approximate surface area is 211 Å². The minimum absolute atomic E-state index is 0.334. The predicted octanol–water partition coefficient (Wildman–Crippen LogP) is 8.42. The molecule has 1 N–H and O–H groups in total. The molecule has 0 bridgehead atoms. The lowest BCUT2D eigenvalue weighted by Crippen LogP contribution is -2.16. The number of nitrogens with one attached hydrogen (secondary N) is 1. The lowest BCUT2D eigenvalue weighted by Gasteiger charge is -2.25. The van der Waals surface area contributed by atoms with Crippen LogP contribution in [0.1, 0.15) is 5.56 Å². The third-order valence-electron chi connectivity index (χ3n) is 5.87. The molecule has 5 aromatic rings. The van der Waals surface area contributed by atoms with Gasteiger partial charge in [0.2, 0.25) is 0 Å². The quantitative estimate of drug-likeness (QED) is 0.229. The smallest absolute Gasteiger partial charge is 0.148 e. The second kappa shape index (κ2) is 11.0. The van der Waals surface area contributed by atoms with Crippen molar-refractivity contribution in [1.29, 1.82) is 0 Å². The molecular weight excluding hydrogens is 462 g/mol. The van der Waals surface area contributed by atoms with Crippen molar-refractivity contribution in [3.05, 3.63) is 163 Å². The maximum Gasteiger partial charge on any atom is 0.148 e. The topological polar surface area (TPSA) is 24.4 Å². The summed E-state index contributed by atoms with van der Waals surface area (Å²) >= 11 is 0. The zero-order valence-corrected chi connectivity index (χ0v) is 20.6. The lowest BCUT2D eigenvalue weighted by atomic mass is 10.1. The van der Waals surface area contributed by atoms with E-state index in [2.05, 4.69) is 47.5 Å². The number of hydrogen-bond acceptors (Lipinski definition) is 2. The van der Waals surface area contributed by atoms with Gasteiger partial charge in [-0.05, 0) is 35.6 Å². The van der Waals surface area contributed by atoms with Gasteiger partial charge >= 0.3 is 0 Å². The number of para-hydroxylation sites is 1. The Balaban J connectivity index is 1.86. The fraction of sp³-hybridized carbons (Fsp3) is 0. The molecule has 0 fully saturated rings. The fourth-order valence-corrected chi connectivity index (χ4v) is 7.34. The standard InChI is InChI=1S/C32H26FN2P/c33-30-23-13-14-24-31(30)35-36(28-19-9-3-10-20-28,29-21-11-4-12-22-29)25-32(26-15-5-1-6-16-26)34-27-17-7-2-8-18-27/h1-25,34H/b32-25-. The van der Waals surface area contributed by atoms with Gasteiger partial charge in [-0.25, -0.2) is 4.39 Å². The van der Waals surface area contributed by atoms with Gasteiger partial charge in [0.05, 0.1) is 12.7 Å². The molecule has 0 aliphatic rings. The van der Waals surface area contributed by atoms with E-state index in [4.69, 9.17) is 4.74 Å². The van der Waals surface area contributed by atoms with Gasteiger partial charge in [-0.2, -0.15) is 0 Å². The van der Waals surface area contributed by atoms with Crippen molar-refractivity contribution in [2.75, 3.05) is 5.32 Å². The van der Waals surface area contributed by atoms with Gasteiger partial charge in [-0.1, -0.05) is 121 Å². The fourth-order valence-electron chi connectivity index (χ4n) is 4.12. The summed E-state index contributed by atoms with van der Waals surface area (Å²) in [5.74, 6) is 1.88. The average Bonchev–Trinajstić information content (AvgIpc) is 2.95. The molecule has 5 aromatic carbocycles. The van der Waals surface area contributed by atoms with Crippen LogP contribution in [0, 0.1) is 5.82 Å². The van der Waals surface area contributed by atoms with Gasteiger partial charge in [-0.15, -0.1) is 0 Å². The van der Waals surface area contributed by atoms with E-state index in [0.717, 1.165) is 27.6 Å². The van der Waals surface area contributed by atoms with E-state index in [1.54, 1.807) is 12.1 Å². The van der Waals surface area contributed by atoms with Crippen molar-refractivity contribution in [3.8, 4) is 0 Å². The van der Waals surface area contributed by atoms with E-state index in [1.807, 2.05) is 91.0 Å². The molecule has 0 unspecified atom stereocenters. The number of benzene rings is 5. The molecule has 5 rings (SSSR count). The zero-order chi connectivity index (χ0) is 24.6. The van der Waals surface area contributed by atoms with Crippen LogP contribution in [0.4, 0.5) is 15.8 Å². The largest absolute Gasteiger partial charge is 0.355 e. The molecule has 0 heterocycles. The van der Waals surface area contributed by atoms with Gasteiger partial charge < -0.3 is 5.32 Å². The van der Waals surface area contributed by atoms with Crippen LogP contribution < -0.4 is 15.9 Å². The summed E-state index contributed by atoms with van der Waals surface area (Å²) in [4.78, 5) is 0. The summed E-state index contributed by atoms with van der Waals surface area (Å²) in [6.07, 6.45) is 0. The van der Waals surface area contributed by atoms with Gasteiger partial charge in [0.15, 0.2) is 0 Å². The van der Waals surface area contributed by atoms with E-state index in [9.17, 15) is 0 Å². The maximum atomic E-state index is 15.0. The van der Waals surface area contributed by atoms with Crippen molar-refractivity contribution in [3.63, 3.8) is 0 Å². The van der Waals surface area contributed by atoms with Crippen LogP contribution in [0.2, 0.25) is 0 Å². The van der Waals surface area contributed by atoms with E-state index >= 15 is 4.39 Å². The Morgan fingerprint density at radius 3 is 1.61 bits per heavy atom. The molecule has 0 amide bonds. The predicted molar refractivity (Wildman–Crippen MR) is 152 cm³/mol. The SMILES string of the molecule is Fc1ccccc1N=P(/C=C(\Nc1ccccc1)c1ccccc1)(c1ccccc1)c1ccccc1. The Morgan fingerprint density at radius 1 is 0.583 bits per heavy atom. The third kappa shape index (κ3) is 5.22. The second-order valence-corrected chi connectivity index (χ2v) is 11.2. The zero-order valence-electron chi connectivity index (χ0n) is 19.7. The summed E-state index contributed by atoms with van der Waals surface area (Å²) < 4.78 is 20.3. The number of halogens is 1. The number of hydrogen-bond donors (Lipinski definition) is 1. The molecule has 0 aromatic heterocycles. The van der Waals surface area contributed by atoms with E-state index < -0.39 is 7.05 Å². The molecule has 0 spiro atoms. The Morgan fingerprint density at radius 2 is 1.06 bits per heavy atom. The normalized spacial score (nSPS) is 11.6. The Hall–Kier alpha value is -4.20. The summed E-state index contributed by atoms with van der Waals surface area (Å²) in [6.45, 7) is 0. The van der Waals surface area contributed by atoms with Gasteiger partial charge in [0.25, 0.3) is 0 Å². The van der Waals surface area contributed by atoms with Crippen LogP contribution >= 0.6 is 7.05 Å². The molecule has 2 nitrogen and oxygen atoms in total. The van der Waals surface area contributed by atoms with Crippen LogP contribution in [0.5, 0.6) is 0 Å². The van der Waals surface area contributed by atoms with Crippen molar-refractivity contribution < 1.29 is 4.39 Å². The second-order valence-electron chi connectivity index (χ2n) is 8.31. The molecule has 0 saturated heterocycles. The van der Waals surface area contributed by atoms with Crippen molar-refractivity contribution in [2.45, 2.75) is 0 Å². The molecule has 176 valence electrons. The van der Waals surface area contributed by atoms with Crippen molar-refractivity contribution in [1.82, 2.24) is 0 Å². The molecule has 0 aliphatic carbocycles.